The highest BCUT2D eigenvalue weighted by atomic mass is 16.5. The van der Waals surface area contributed by atoms with Gasteiger partial charge in [0.1, 0.15) is 6.23 Å². The summed E-state index contributed by atoms with van der Waals surface area (Å²) in [6.07, 6.45) is 5.23. The van der Waals surface area contributed by atoms with Crippen LogP contribution in [0, 0.1) is 5.92 Å². The van der Waals surface area contributed by atoms with Crippen LogP contribution < -0.4 is 10.1 Å². The third-order valence-corrected chi connectivity index (χ3v) is 5.93. The summed E-state index contributed by atoms with van der Waals surface area (Å²) in [6, 6.07) is 2.03. The molecule has 3 atom stereocenters. The van der Waals surface area contributed by atoms with Crippen molar-refractivity contribution >= 4 is 17.7 Å². The first-order valence-corrected chi connectivity index (χ1v) is 11.3. The summed E-state index contributed by atoms with van der Waals surface area (Å²) < 4.78 is 15.1. The van der Waals surface area contributed by atoms with Crippen molar-refractivity contribution in [1.29, 1.82) is 0 Å². The largest absolute Gasteiger partial charge is 0.489 e. The van der Waals surface area contributed by atoms with E-state index in [2.05, 4.69) is 15.5 Å². The molecule has 2 N–H and O–H groups in total. The average Bonchev–Trinajstić information content (AvgIpc) is 3.43. The van der Waals surface area contributed by atoms with Crippen LogP contribution in [0.2, 0.25) is 0 Å². The molecule has 3 aromatic heterocycles. The second kappa shape index (κ2) is 9.65. The number of anilines is 1. The van der Waals surface area contributed by atoms with Gasteiger partial charge < -0.3 is 24.8 Å². The maximum absolute atomic E-state index is 11.3. The zero-order valence-electron chi connectivity index (χ0n) is 19.4. The summed E-state index contributed by atoms with van der Waals surface area (Å²) in [5.74, 6) is 1.27. The number of carboxylic acid groups (broad SMARTS) is 1. The summed E-state index contributed by atoms with van der Waals surface area (Å²) in [5, 5.41) is 21.6. The number of pyridine rings is 1. The highest BCUT2D eigenvalue weighted by Crippen LogP contribution is 2.34. The van der Waals surface area contributed by atoms with Gasteiger partial charge in [-0.3, -0.25) is 0 Å². The first kappa shape index (κ1) is 22.8. The van der Waals surface area contributed by atoms with E-state index < -0.39 is 6.09 Å². The normalized spacial score (nSPS) is 19.6. The van der Waals surface area contributed by atoms with Gasteiger partial charge in [-0.25, -0.2) is 14.0 Å². The third kappa shape index (κ3) is 4.72. The number of rotatable bonds is 8. The molecule has 11 heteroatoms. The lowest BCUT2D eigenvalue weighted by atomic mass is 9.94. The second-order valence-corrected chi connectivity index (χ2v) is 8.20. The number of likely N-dealkylation sites (tertiary alicyclic amines) is 1. The van der Waals surface area contributed by atoms with Gasteiger partial charge >= 0.3 is 6.09 Å². The van der Waals surface area contributed by atoms with E-state index in [1.54, 1.807) is 15.4 Å². The van der Waals surface area contributed by atoms with E-state index in [1.807, 2.05) is 46.2 Å². The molecular weight excluding hydrogens is 426 g/mol. The molecule has 1 fully saturated rings. The molecule has 0 saturated carbocycles. The molecule has 0 aromatic carbocycles. The predicted octanol–water partition coefficient (Wildman–Crippen LogP) is 3.35. The zero-order valence-corrected chi connectivity index (χ0v) is 19.4. The van der Waals surface area contributed by atoms with Crippen LogP contribution in [-0.4, -0.2) is 72.8 Å². The number of amides is 1. The molecule has 0 aliphatic carbocycles. The van der Waals surface area contributed by atoms with Gasteiger partial charge in [-0.2, -0.15) is 10.1 Å². The predicted molar refractivity (Wildman–Crippen MR) is 123 cm³/mol. The highest BCUT2D eigenvalue weighted by molar-refractivity contribution is 5.77. The number of nitrogens with one attached hydrogen (secondary N) is 1. The number of carbonyl (C=O) groups is 1. The van der Waals surface area contributed by atoms with E-state index in [-0.39, 0.29) is 18.2 Å². The van der Waals surface area contributed by atoms with Crippen molar-refractivity contribution in [3.05, 3.63) is 24.7 Å². The van der Waals surface area contributed by atoms with E-state index in [4.69, 9.17) is 14.5 Å². The molecule has 1 amide bonds. The van der Waals surface area contributed by atoms with Crippen molar-refractivity contribution < 1.29 is 19.4 Å². The lowest BCUT2D eigenvalue weighted by Crippen LogP contribution is -2.47. The summed E-state index contributed by atoms with van der Waals surface area (Å²) in [5.41, 5.74) is 2.39. The topological polar surface area (TPSA) is 119 Å². The molecule has 0 spiro atoms. The fourth-order valence-electron chi connectivity index (χ4n) is 4.19. The van der Waals surface area contributed by atoms with Crippen molar-refractivity contribution in [2.75, 3.05) is 31.6 Å². The molecule has 178 valence electrons. The van der Waals surface area contributed by atoms with Crippen LogP contribution in [0.4, 0.5) is 10.7 Å². The number of fused-ring (bicyclic) bond motifs is 1. The smallest absolute Gasteiger partial charge is 0.407 e. The lowest BCUT2D eigenvalue weighted by Gasteiger charge is -2.35. The minimum atomic E-state index is -0.876. The molecule has 3 aromatic rings. The van der Waals surface area contributed by atoms with E-state index in [9.17, 15) is 9.90 Å². The Kier molecular flexibility index (Phi) is 6.68. The molecule has 1 unspecified atom stereocenters. The molecule has 0 radical (unpaired) electrons. The van der Waals surface area contributed by atoms with E-state index in [0.717, 1.165) is 11.1 Å². The number of hydrogen-bond acceptors (Lipinski definition) is 7. The Labute approximate surface area is 192 Å². The maximum Gasteiger partial charge on any atom is 0.407 e. The van der Waals surface area contributed by atoms with Gasteiger partial charge in [0.15, 0.2) is 11.4 Å². The lowest BCUT2D eigenvalue weighted by molar-refractivity contribution is 0.0160. The van der Waals surface area contributed by atoms with Crippen LogP contribution in [0.5, 0.6) is 5.75 Å². The van der Waals surface area contributed by atoms with Crippen LogP contribution in [0.15, 0.2) is 24.7 Å². The van der Waals surface area contributed by atoms with Crippen LogP contribution in [0.1, 0.15) is 40.3 Å². The highest BCUT2D eigenvalue weighted by Gasteiger charge is 2.29. The molecule has 0 bridgehead atoms. The minimum Gasteiger partial charge on any atom is -0.489 e. The Morgan fingerprint density at radius 3 is 2.88 bits per heavy atom. The summed E-state index contributed by atoms with van der Waals surface area (Å²) >= 11 is 0. The van der Waals surface area contributed by atoms with Crippen molar-refractivity contribution in [2.45, 2.75) is 46.4 Å². The average molecular weight is 458 g/mol. The van der Waals surface area contributed by atoms with E-state index >= 15 is 0 Å². The Morgan fingerprint density at radius 2 is 2.18 bits per heavy atom. The quantitative estimate of drug-likeness (QED) is 0.529. The van der Waals surface area contributed by atoms with Gasteiger partial charge in [-0.1, -0.05) is 6.92 Å². The Bertz CT molecular complexity index is 1110. The Hall–Kier alpha value is -3.34. The van der Waals surface area contributed by atoms with E-state index in [0.29, 0.717) is 50.1 Å². The molecule has 1 saturated heterocycles. The summed E-state index contributed by atoms with van der Waals surface area (Å²) in [6.45, 7) is 9.93. The molecule has 11 nitrogen and oxygen atoms in total. The van der Waals surface area contributed by atoms with Crippen molar-refractivity contribution in [2.24, 2.45) is 5.92 Å². The zero-order chi connectivity index (χ0) is 23.5. The Balaban J connectivity index is 1.60. The van der Waals surface area contributed by atoms with Crippen LogP contribution in [-0.2, 0) is 4.74 Å². The SMILES string of the molecule is CCOc1c(-c2cnn(C(C)OCC)c2)ccn2nc(N[C@H]3CCN(C(=O)O)C[C@H]3C)nc12. The van der Waals surface area contributed by atoms with Crippen LogP contribution in [0.3, 0.4) is 0 Å². The third-order valence-electron chi connectivity index (χ3n) is 5.93. The monoisotopic (exact) mass is 457 g/mol. The van der Waals surface area contributed by atoms with Crippen molar-refractivity contribution in [3.63, 3.8) is 0 Å². The Morgan fingerprint density at radius 1 is 1.36 bits per heavy atom. The number of ether oxygens (including phenoxy) is 2. The molecule has 1 aliphatic heterocycles. The first-order chi connectivity index (χ1) is 15.9. The maximum atomic E-state index is 11.3. The fraction of sp³-hybridized carbons (Fsp3) is 0.545. The van der Waals surface area contributed by atoms with Gasteiger partial charge in [-0.15, -0.1) is 5.10 Å². The van der Waals surface area contributed by atoms with Gasteiger partial charge in [0, 0.05) is 49.3 Å². The standard InChI is InChI=1S/C22H31N7O4/c1-5-32-15(4)29-13-16(11-23-29)17-7-10-28-20(19(17)33-6-2)25-21(26-28)24-18-8-9-27(22(30)31)12-14(18)3/h7,10-11,13-15,18H,5-6,8-9,12H2,1-4H3,(H,24,26)(H,30,31)/t14-,15?,18+/m1/s1. The number of piperidine rings is 1. The fourth-order valence-corrected chi connectivity index (χ4v) is 4.19. The molecule has 4 rings (SSSR count). The molecule has 33 heavy (non-hydrogen) atoms. The summed E-state index contributed by atoms with van der Waals surface area (Å²) in [7, 11) is 0. The number of aromatic nitrogens is 5. The van der Waals surface area contributed by atoms with E-state index in [1.165, 1.54) is 4.90 Å². The molecular formula is C22H31N7O4. The minimum absolute atomic E-state index is 0.0892. The second-order valence-electron chi connectivity index (χ2n) is 8.20. The van der Waals surface area contributed by atoms with Gasteiger partial charge in [0.2, 0.25) is 5.95 Å². The van der Waals surface area contributed by atoms with Crippen molar-refractivity contribution in [1.82, 2.24) is 29.3 Å². The van der Waals surface area contributed by atoms with Gasteiger partial charge in [0.05, 0.1) is 12.8 Å². The van der Waals surface area contributed by atoms with Gasteiger partial charge in [-0.05, 0) is 39.2 Å². The van der Waals surface area contributed by atoms with Crippen LogP contribution in [0.25, 0.3) is 16.8 Å². The summed E-state index contributed by atoms with van der Waals surface area (Å²) in [4.78, 5) is 17.4. The molecule has 1 aliphatic rings. The van der Waals surface area contributed by atoms with Crippen LogP contribution >= 0.6 is 0 Å². The molecule has 4 heterocycles. The number of hydrogen-bond donors (Lipinski definition) is 2. The van der Waals surface area contributed by atoms with Crippen molar-refractivity contribution in [3.8, 4) is 16.9 Å². The first-order valence-electron chi connectivity index (χ1n) is 11.3. The number of nitrogens with zero attached hydrogens (tertiary/aromatic N) is 6. The van der Waals surface area contributed by atoms with Gasteiger partial charge in [0.25, 0.3) is 0 Å².